The highest BCUT2D eigenvalue weighted by Gasteiger charge is 1.98. The highest BCUT2D eigenvalue weighted by atomic mass is 14.0. The maximum absolute atomic E-state index is 2.31. The fourth-order valence-corrected chi connectivity index (χ4v) is 2.50. The van der Waals surface area contributed by atoms with E-state index in [0.717, 1.165) is 0 Å². The first kappa shape index (κ1) is 14.6. The molecule has 20 heavy (non-hydrogen) atoms. The van der Waals surface area contributed by atoms with Crippen LogP contribution < -0.4 is 0 Å². The van der Waals surface area contributed by atoms with Gasteiger partial charge in [0.15, 0.2) is 0 Å². The highest BCUT2D eigenvalue weighted by Crippen LogP contribution is 2.17. The Labute approximate surface area is 123 Å². The second-order valence-corrected chi connectivity index (χ2v) is 5.49. The molecule has 0 radical (unpaired) electrons. The van der Waals surface area contributed by atoms with Crippen molar-refractivity contribution in [1.29, 1.82) is 0 Å². The molecule has 0 bridgehead atoms. The summed E-state index contributed by atoms with van der Waals surface area (Å²) in [4.78, 5) is 0. The second kappa shape index (κ2) is 7.09. The fourth-order valence-electron chi connectivity index (χ4n) is 2.50. The number of rotatable bonds is 5. The average molecular weight is 264 g/mol. The second-order valence-electron chi connectivity index (χ2n) is 5.49. The van der Waals surface area contributed by atoms with Crippen LogP contribution >= 0.6 is 0 Å². The first-order valence-electron chi connectivity index (χ1n) is 7.54. The van der Waals surface area contributed by atoms with Crippen LogP contribution in [0.4, 0.5) is 0 Å². The van der Waals surface area contributed by atoms with Crippen molar-refractivity contribution in [2.24, 2.45) is 0 Å². The molecule has 2 aromatic carbocycles. The van der Waals surface area contributed by atoms with Gasteiger partial charge in [0.2, 0.25) is 0 Å². The predicted octanol–water partition coefficient (Wildman–Crippen LogP) is 5.82. The maximum atomic E-state index is 2.31. The van der Waals surface area contributed by atoms with Crippen LogP contribution in [0.1, 0.15) is 47.6 Å². The molecular weight excluding hydrogens is 240 g/mol. The van der Waals surface area contributed by atoms with Crippen LogP contribution in [0.25, 0.3) is 12.2 Å². The standard InChI is InChI=1S/C20H24/c1-4-5-10-18-11-7-12-19(15-18)13-14-20-16(2)8-6-9-17(20)3/h6-9,11-15H,4-5,10H2,1-3H3/b14-13-. The van der Waals surface area contributed by atoms with E-state index in [1.54, 1.807) is 0 Å². The summed E-state index contributed by atoms with van der Waals surface area (Å²) in [5, 5.41) is 0. The molecule has 0 aliphatic rings. The zero-order valence-electron chi connectivity index (χ0n) is 12.8. The van der Waals surface area contributed by atoms with Gasteiger partial charge in [-0.2, -0.15) is 0 Å². The van der Waals surface area contributed by atoms with Gasteiger partial charge >= 0.3 is 0 Å². The maximum Gasteiger partial charge on any atom is -0.0198 e. The van der Waals surface area contributed by atoms with E-state index in [0.29, 0.717) is 0 Å². The van der Waals surface area contributed by atoms with Crippen LogP contribution in [0, 0.1) is 13.8 Å². The van der Waals surface area contributed by atoms with Crippen molar-refractivity contribution in [3.63, 3.8) is 0 Å². The first-order chi connectivity index (χ1) is 9.70. The summed E-state index contributed by atoms with van der Waals surface area (Å²) in [6, 6.07) is 15.3. The zero-order valence-corrected chi connectivity index (χ0v) is 12.8. The van der Waals surface area contributed by atoms with Gasteiger partial charge in [-0.3, -0.25) is 0 Å². The molecule has 0 atom stereocenters. The van der Waals surface area contributed by atoms with Crippen LogP contribution in [0.15, 0.2) is 42.5 Å². The van der Waals surface area contributed by atoms with Crippen molar-refractivity contribution in [3.8, 4) is 0 Å². The molecule has 0 amide bonds. The van der Waals surface area contributed by atoms with E-state index in [-0.39, 0.29) is 0 Å². The molecule has 0 unspecified atom stereocenters. The molecule has 0 aliphatic heterocycles. The summed E-state index contributed by atoms with van der Waals surface area (Å²) in [5.74, 6) is 0. The van der Waals surface area contributed by atoms with Gasteiger partial charge in [-0.15, -0.1) is 0 Å². The summed E-state index contributed by atoms with van der Waals surface area (Å²) in [7, 11) is 0. The fraction of sp³-hybridized carbons (Fsp3) is 0.300. The van der Waals surface area contributed by atoms with E-state index in [1.807, 2.05) is 0 Å². The molecule has 0 spiro atoms. The normalized spacial score (nSPS) is 11.2. The quantitative estimate of drug-likeness (QED) is 0.597. The molecule has 0 fully saturated rings. The molecule has 2 aromatic rings. The largest absolute Gasteiger partial charge is 0.0654 e. The van der Waals surface area contributed by atoms with Crippen molar-refractivity contribution in [2.45, 2.75) is 40.0 Å². The summed E-state index contributed by atoms with van der Waals surface area (Å²) >= 11 is 0. The van der Waals surface area contributed by atoms with Gasteiger partial charge in [0.25, 0.3) is 0 Å². The molecule has 0 heteroatoms. The molecule has 0 N–H and O–H groups in total. The molecule has 0 nitrogen and oxygen atoms in total. The molecule has 0 heterocycles. The minimum absolute atomic E-state index is 1.18. The van der Waals surface area contributed by atoms with Gasteiger partial charge in [0.1, 0.15) is 0 Å². The lowest BCUT2D eigenvalue weighted by Crippen LogP contribution is -1.86. The van der Waals surface area contributed by atoms with Crippen LogP contribution in [-0.4, -0.2) is 0 Å². The van der Waals surface area contributed by atoms with E-state index >= 15 is 0 Å². The molecule has 104 valence electrons. The van der Waals surface area contributed by atoms with Crippen molar-refractivity contribution in [1.82, 2.24) is 0 Å². The topological polar surface area (TPSA) is 0 Å². The Morgan fingerprint density at radius 1 is 0.900 bits per heavy atom. The van der Waals surface area contributed by atoms with Gasteiger partial charge < -0.3 is 0 Å². The zero-order chi connectivity index (χ0) is 14.4. The van der Waals surface area contributed by atoms with Crippen molar-refractivity contribution in [3.05, 3.63) is 70.3 Å². The monoisotopic (exact) mass is 264 g/mol. The van der Waals surface area contributed by atoms with Crippen LogP contribution in [-0.2, 0) is 6.42 Å². The van der Waals surface area contributed by atoms with Gasteiger partial charge in [0.05, 0.1) is 0 Å². The third-order valence-electron chi connectivity index (χ3n) is 3.75. The van der Waals surface area contributed by atoms with Gasteiger partial charge in [-0.25, -0.2) is 0 Å². The minimum atomic E-state index is 1.18. The molecule has 0 aliphatic carbocycles. The minimum Gasteiger partial charge on any atom is -0.0654 e. The Morgan fingerprint density at radius 2 is 1.60 bits per heavy atom. The third kappa shape index (κ3) is 3.84. The first-order valence-corrected chi connectivity index (χ1v) is 7.54. The van der Waals surface area contributed by atoms with Crippen molar-refractivity contribution in [2.75, 3.05) is 0 Å². The molecule has 0 saturated heterocycles. The molecule has 0 saturated carbocycles. The van der Waals surface area contributed by atoms with Crippen LogP contribution in [0.2, 0.25) is 0 Å². The van der Waals surface area contributed by atoms with E-state index in [4.69, 9.17) is 0 Å². The number of hydrogen-bond donors (Lipinski definition) is 0. The lowest BCUT2D eigenvalue weighted by Gasteiger charge is -2.05. The summed E-state index contributed by atoms with van der Waals surface area (Å²) < 4.78 is 0. The van der Waals surface area contributed by atoms with Crippen molar-refractivity contribution >= 4 is 12.2 Å². The Kier molecular flexibility index (Phi) is 5.17. The van der Waals surface area contributed by atoms with E-state index < -0.39 is 0 Å². The predicted molar refractivity (Wildman–Crippen MR) is 89.9 cm³/mol. The SMILES string of the molecule is CCCCc1cccc(/C=C\c2c(C)cccc2C)c1. The van der Waals surface area contributed by atoms with E-state index in [9.17, 15) is 0 Å². The summed E-state index contributed by atoms with van der Waals surface area (Å²) in [6.45, 7) is 6.58. The lowest BCUT2D eigenvalue weighted by atomic mass is 10.0. The van der Waals surface area contributed by atoms with E-state index in [2.05, 4.69) is 75.4 Å². The smallest absolute Gasteiger partial charge is 0.0198 e. The number of hydrogen-bond acceptors (Lipinski definition) is 0. The third-order valence-corrected chi connectivity index (χ3v) is 3.75. The average Bonchev–Trinajstić information content (AvgIpc) is 2.45. The highest BCUT2D eigenvalue weighted by molar-refractivity contribution is 5.72. The summed E-state index contributed by atoms with van der Waals surface area (Å²) in [5.41, 5.74) is 6.75. The Balaban J connectivity index is 2.19. The number of unbranched alkanes of at least 4 members (excludes halogenated alkanes) is 1. The number of aryl methyl sites for hydroxylation is 3. The molecule has 2 rings (SSSR count). The van der Waals surface area contributed by atoms with Crippen LogP contribution in [0.3, 0.4) is 0 Å². The number of benzene rings is 2. The van der Waals surface area contributed by atoms with Gasteiger partial charge in [0, 0.05) is 0 Å². The Bertz CT molecular complexity index is 570. The lowest BCUT2D eigenvalue weighted by molar-refractivity contribution is 0.795. The van der Waals surface area contributed by atoms with E-state index in [1.165, 1.54) is 47.1 Å². The Morgan fingerprint density at radius 3 is 2.30 bits per heavy atom. The molecular formula is C20H24. The van der Waals surface area contributed by atoms with Gasteiger partial charge in [-0.05, 0) is 54.5 Å². The van der Waals surface area contributed by atoms with Crippen LogP contribution in [0.5, 0.6) is 0 Å². The Hall–Kier alpha value is -1.82. The van der Waals surface area contributed by atoms with Crippen molar-refractivity contribution < 1.29 is 0 Å². The summed E-state index contributed by atoms with van der Waals surface area (Å²) in [6.07, 6.45) is 8.17. The molecule has 0 aromatic heterocycles. The van der Waals surface area contributed by atoms with Gasteiger partial charge in [-0.1, -0.05) is 68.0 Å².